The van der Waals surface area contributed by atoms with E-state index >= 15 is 0 Å². The van der Waals surface area contributed by atoms with Gasteiger partial charge in [-0.2, -0.15) is 0 Å². The van der Waals surface area contributed by atoms with Crippen molar-refractivity contribution in [3.05, 3.63) is 70.1 Å². The van der Waals surface area contributed by atoms with E-state index in [0.717, 1.165) is 24.8 Å². The van der Waals surface area contributed by atoms with Gasteiger partial charge in [-0.05, 0) is 55.0 Å². The summed E-state index contributed by atoms with van der Waals surface area (Å²) in [6.45, 7) is 2.22. The number of amides is 2. The third kappa shape index (κ3) is 4.48. The fourth-order valence-electron chi connectivity index (χ4n) is 3.95. The summed E-state index contributed by atoms with van der Waals surface area (Å²) < 4.78 is 10.6. The molecule has 0 saturated heterocycles. The molecule has 0 aliphatic heterocycles. The number of rotatable bonds is 6. The number of anilines is 2. The third-order valence-electron chi connectivity index (χ3n) is 5.64. The van der Waals surface area contributed by atoms with Crippen molar-refractivity contribution in [2.45, 2.75) is 26.2 Å². The minimum absolute atomic E-state index is 0.225. The summed E-state index contributed by atoms with van der Waals surface area (Å²) >= 11 is 1.50. The Hall–Kier alpha value is -3.32. The summed E-state index contributed by atoms with van der Waals surface area (Å²) in [4.78, 5) is 27.4. The van der Waals surface area contributed by atoms with Crippen LogP contribution in [0, 0.1) is 5.92 Å². The van der Waals surface area contributed by atoms with Crippen LogP contribution in [-0.2, 0) is 12.8 Å². The summed E-state index contributed by atoms with van der Waals surface area (Å²) in [7, 11) is 3.12. The van der Waals surface area contributed by atoms with Crippen LogP contribution in [0.15, 0.2) is 48.5 Å². The summed E-state index contributed by atoms with van der Waals surface area (Å²) in [5, 5.41) is 6.54. The van der Waals surface area contributed by atoms with Crippen LogP contribution in [0.2, 0.25) is 0 Å². The third-order valence-corrected chi connectivity index (χ3v) is 6.81. The Kier molecular flexibility index (Phi) is 6.46. The van der Waals surface area contributed by atoms with E-state index < -0.39 is 0 Å². The number of hydrogen-bond acceptors (Lipinski definition) is 5. The van der Waals surface area contributed by atoms with E-state index in [1.165, 1.54) is 16.2 Å². The van der Waals surface area contributed by atoms with Crippen molar-refractivity contribution >= 4 is 33.8 Å². The van der Waals surface area contributed by atoms with E-state index in [2.05, 4.69) is 17.6 Å². The summed E-state index contributed by atoms with van der Waals surface area (Å²) in [5.74, 6) is 1.21. The lowest BCUT2D eigenvalue weighted by Crippen LogP contribution is -2.19. The highest BCUT2D eigenvalue weighted by atomic mass is 32.1. The molecule has 2 amide bonds. The van der Waals surface area contributed by atoms with Gasteiger partial charge in [-0.1, -0.05) is 25.1 Å². The van der Waals surface area contributed by atoms with E-state index in [0.29, 0.717) is 39.2 Å². The summed E-state index contributed by atoms with van der Waals surface area (Å²) in [5.41, 5.74) is 2.74. The number of benzene rings is 2. The van der Waals surface area contributed by atoms with Crippen LogP contribution in [0.3, 0.4) is 0 Å². The zero-order valence-corrected chi connectivity index (χ0v) is 19.2. The number of thiophene rings is 1. The molecule has 4 rings (SSSR count). The van der Waals surface area contributed by atoms with E-state index in [4.69, 9.17) is 9.47 Å². The van der Waals surface area contributed by atoms with Crippen molar-refractivity contribution in [2.75, 3.05) is 24.9 Å². The first-order valence-corrected chi connectivity index (χ1v) is 11.4. The highest BCUT2D eigenvalue weighted by molar-refractivity contribution is 7.17. The monoisotopic (exact) mass is 450 g/mol. The second-order valence-corrected chi connectivity index (χ2v) is 9.01. The molecule has 2 N–H and O–H groups in total. The van der Waals surface area contributed by atoms with Gasteiger partial charge in [0, 0.05) is 22.2 Å². The first-order chi connectivity index (χ1) is 15.5. The lowest BCUT2D eigenvalue weighted by Gasteiger charge is -2.19. The molecule has 0 radical (unpaired) electrons. The second-order valence-electron chi connectivity index (χ2n) is 7.90. The normalized spacial score (nSPS) is 14.9. The maximum absolute atomic E-state index is 13.4. The number of hydrogen-bond donors (Lipinski definition) is 2. The molecule has 3 aromatic rings. The van der Waals surface area contributed by atoms with Crippen LogP contribution in [0.25, 0.3) is 0 Å². The predicted molar refractivity (Wildman–Crippen MR) is 127 cm³/mol. The molecule has 1 atom stereocenters. The van der Waals surface area contributed by atoms with Crippen LogP contribution in [0.4, 0.5) is 10.7 Å². The number of carbonyl (C=O) groups excluding carboxylic acids is 2. The van der Waals surface area contributed by atoms with Crippen molar-refractivity contribution in [1.82, 2.24) is 0 Å². The van der Waals surface area contributed by atoms with Crippen LogP contribution < -0.4 is 20.1 Å². The summed E-state index contributed by atoms with van der Waals surface area (Å²) in [6, 6.07) is 14.3. The highest BCUT2D eigenvalue weighted by Gasteiger charge is 2.28. The minimum atomic E-state index is -0.243. The fourth-order valence-corrected chi connectivity index (χ4v) is 5.35. The lowest BCUT2D eigenvalue weighted by molar-refractivity contribution is 0.102. The SMILES string of the molecule is COc1ccc(NC(=O)c2c(NC(=O)c3ccccc3)sc3c2CCC(C)C3)cc1OC. The van der Waals surface area contributed by atoms with Crippen LogP contribution >= 0.6 is 11.3 Å². The molecule has 1 heterocycles. The summed E-state index contributed by atoms with van der Waals surface area (Å²) in [6.07, 6.45) is 2.76. The molecule has 1 unspecified atom stereocenters. The van der Waals surface area contributed by atoms with Crippen molar-refractivity contribution in [3.63, 3.8) is 0 Å². The number of fused-ring (bicyclic) bond motifs is 1. The van der Waals surface area contributed by atoms with Gasteiger partial charge in [0.15, 0.2) is 11.5 Å². The first-order valence-electron chi connectivity index (χ1n) is 10.5. The molecular weight excluding hydrogens is 424 g/mol. The van der Waals surface area contributed by atoms with Crippen LogP contribution in [0.1, 0.15) is 44.5 Å². The molecule has 0 spiro atoms. The Morgan fingerprint density at radius 2 is 1.72 bits per heavy atom. The number of ether oxygens (including phenoxy) is 2. The Morgan fingerprint density at radius 3 is 2.44 bits per heavy atom. The van der Waals surface area contributed by atoms with E-state index in [1.54, 1.807) is 44.6 Å². The van der Waals surface area contributed by atoms with E-state index in [9.17, 15) is 9.59 Å². The Bertz CT molecular complexity index is 1140. The Balaban J connectivity index is 1.66. The Labute approximate surface area is 191 Å². The zero-order valence-electron chi connectivity index (χ0n) is 18.4. The van der Waals surface area contributed by atoms with Gasteiger partial charge in [0.2, 0.25) is 0 Å². The average molecular weight is 451 g/mol. The molecule has 2 aromatic carbocycles. The lowest BCUT2D eigenvalue weighted by atomic mass is 9.88. The number of carbonyl (C=O) groups is 2. The number of methoxy groups -OCH3 is 2. The van der Waals surface area contributed by atoms with E-state index in [1.807, 2.05) is 18.2 Å². The highest BCUT2D eigenvalue weighted by Crippen LogP contribution is 2.40. The largest absolute Gasteiger partial charge is 0.493 e. The van der Waals surface area contributed by atoms with Gasteiger partial charge in [-0.15, -0.1) is 11.3 Å². The molecule has 1 aliphatic rings. The second kappa shape index (κ2) is 9.44. The smallest absolute Gasteiger partial charge is 0.258 e. The van der Waals surface area contributed by atoms with Crippen molar-refractivity contribution in [1.29, 1.82) is 0 Å². The number of nitrogens with one attached hydrogen (secondary N) is 2. The van der Waals surface area contributed by atoms with Gasteiger partial charge in [0.1, 0.15) is 5.00 Å². The zero-order chi connectivity index (χ0) is 22.7. The molecule has 6 nitrogen and oxygen atoms in total. The minimum Gasteiger partial charge on any atom is -0.493 e. The van der Waals surface area contributed by atoms with Gasteiger partial charge < -0.3 is 20.1 Å². The molecule has 166 valence electrons. The molecule has 0 fully saturated rings. The molecule has 0 saturated carbocycles. The predicted octanol–water partition coefficient (Wildman–Crippen LogP) is 5.39. The quantitative estimate of drug-likeness (QED) is 0.528. The van der Waals surface area contributed by atoms with Crippen LogP contribution in [0.5, 0.6) is 11.5 Å². The van der Waals surface area contributed by atoms with Gasteiger partial charge >= 0.3 is 0 Å². The van der Waals surface area contributed by atoms with Crippen molar-refractivity contribution < 1.29 is 19.1 Å². The van der Waals surface area contributed by atoms with Gasteiger partial charge in [-0.3, -0.25) is 9.59 Å². The van der Waals surface area contributed by atoms with E-state index in [-0.39, 0.29) is 11.8 Å². The first kappa shape index (κ1) is 21.9. The molecule has 1 aromatic heterocycles. The van der Waals surface area contributed by atoms with Crippen molar-refractivity contribution in [2.24, 2.45) is 5.92 Å². The standard InChI is InChI=1S/C25H26N2O4S/c1-15-9-11-18-21(13-15)32-25(27-23(28)16-7-5-4-6-8-16)22(18)24(29)26-17-10-12-19(30-2)20(14-17)31-3/h4-8,10,12,14-15H,9,11,13H2,1-3H3,(H,26,29)(H,27,28). The molecule has 32 heavy (non-hydrogen) atoms. The van der Waals surface area contributed by atoms with Gasteiger partial charge in [0.05, 0.1) is 19.8 Å². The molecular formula is C25H26N2O4S. The fraction of sp³-hybridized carbons (Fsp3) is 0.280. The maximum Gasteiger partial charge on any atom is 0.258 e. The molecule has 0 bridgehead atoms. The van der Waals surface area contributed by atoms with Crippen molar-refractivity contribution in [3.8, 4) is 11.5 Å². The maximum atomic E-state index is 13.4. The van der Waals surface area contributed by atoms with Gasteiger partial charge in [0.25, 0.3) is 11.8 Å². The molecule has 1 aliphatic carbocycles. The Morgan fingerprint density at radius 1 is 0.969 bits per heavy atom. The topological polar surface area (TPSA) is 76.7 Å². The van der Waals surface area contributed by atoms with Gasteiger partial charge in [-0.25, -0.2) is 0 Å². The molecule has 7 heteroatoms. The average Bonchev–Trinajstić information content (AvgIpc) is 3.16. The van der Waals surface area contributed by atoms with Crippen LogP contribution in [-0.4, -0.2) is 26.0 Å².